The fourth-order valence-electron chi connectivity index (χ4n) is 2.60. The molecule has 0 saturated carbocycles. The summed E-state index contributed by atoms with van der Waals surface area (Å²) in [5, 5.41) is 10.1. The van der Waals surface area contributed by atoms with Crippen LogP contribution >= 0.6 is 0 Å². The van der Waals surface area contributed by atoms with Crippen molar-refractivity contribution >= 4 is 17.7 Å². The third-order valence-corrected chi connectivity index (χ3v) is 3.83. The van der Waals surface area contributed by atoms with Crippen LogP contribution < -0.4 is 4.90 Å². The summed E-state index contributed by atoms with van der Waals surface area (Å²) in [5.74, 6) is -0.0348. The molecule has 1 aromatic carbocycles. The van der Waals surface area contributed by atoms with Crippen LogP contribution in [-0.2, 0) is 4.79 Å². The number of hydrogen-bond donors (Lipinski definition) is 1. The second-order valence-corrected chi connectivity index (χ2v) is 5.99. The molecular weight excluding hydrogens is 264 g/mol. The lowest BCUT2D eigenvalue weighted by atomic mass is 9.89. The van der Waals surface area contributed by atoms with Gasteiger partial charge in [0.25, 0.3) is 0 Å². The molecule has 21 heavy (non-hydrogen) atoms. The quantitative estimate of drug-likeness (QED) is 0.844. The number of rotatable bonds is 5. The summed E-state index contributed by atoms with van der Waals surface area (Å²) in [6, 6.07) is 8.02. The molecule has 0 aromatic heterocycles. The number of carbonyl (C=O) groups excluding carboxylic acids is 1. The third kappa shape index (κ3) is 3.85. The highest BCUT2D eigenvalue weighted by atomic mass is 16.3. The van der Waals surface area contributed by atoms with E-state index in [1.165, 1.54) is 0 Å². The van der Waals surface area contributed by atoms with Crippen LogP contribution in [0.1, 0.15) is 25.3 Å². The molecule has 4 heteroatoms. The Kier molecular flexibility index (Phi) is 4.68. The van der Waals surface area contributed by atoms with Crippen molar-refractivity contribution in [2.75, 3.05) is 32.1 Å². The maximum Gasteiger partial charge on any atom is 0.246 e. The molecule has 0 unspecified atom stereocenters. The Morgan fingerprint density at radius 2 is 1.95 bits per heavy atom. The van der Waals surface area contributed by atoms with Crippen LogP contribution in [0.2, 0.25) is 0 Å². The second kappa shape index (κ2) is 6.31. The third-order valence-electron chi connectivity index (χ3n) is 3.83. The number of nitrogens with zero attached hydrogens (tertiary/aromatic N) is 2. The van der Waals surface area contributed by atoms with Gasteiger partial charge in [0.15, 0.2) is 0 Å². The Hall–Kier alpha value is -1.81. The van der Waals surface area contributed by atoms with Gasteiger partial charge in [0.05, 0.1) is 18.7 Å². The Balaban J connectivity index is 1.88. The van der Waals surface area contributed by atoms with E-state index in [2.05, 4.69) is 0 Å². The van der Waals surface area contributed by atoms with E-state index in [9.17, 15) is 9.90 Å². The van der Waals surface area contributed by atoms with Crippen molar-refractivity contribution in [2.45, 2.75) is 25.4 Å². The van der Waals surface area contributed by atoms with Gasteiger partial charge in [0.2, 0.25) is 5.91 Å². The lowest BCUT2D eigenvalue weighted by Gasteiger charge is -2.46. The lowest BCUT2D eigenvalue weighted by Crippen LogP contribution is -2.63. The van der Waals surface area contributed by atoms with Gasteiger partial charge in [0, 0.05) is 25.9 Å². The van der Waals surface area contributed by atoms with Gasteiger partial charge in [-0.3, -0.25) is 4.79 Å². The smallest absolute Gasteiger partial charge is 0.246 e. The number of amides is 1. The highest BCUT2D eigenvalue weighted by Gasteiger charge is 2.41. The number of benzene rings is 1. The van der Waals surface area contributed by atoms with Crippen LogP contribution in [0.5, 0.6) is 0 Å². The number of anilines is 1. The van der Waals surface area contributed by atoms with Gasteiger partial charge >= 0.3 is 0 Å². The number of carbonyl (C=O) groups is 1. The van der Waals surface area contributed by atoms with Crippen LogP contribution in [0.3, 0.4) is 0 Å². The zero-order chi connectivity index (χ0) is 15.5. The molecule has 0 aliphatic carbocycles. The monoisotopic (exact) mass is 288 g/mol. The average Bonchev–Trinajstić information content (AvgIpc) is 2.42. The molecule has 1 aliphatic heterocycles. The fraction of sp³-hybridized carbons (Fsp3) is 0.471. The van der Waals surface area contributed by atoms with Gasteiger partial charge in [-0.15, -0.1) is 0 Å². The predicted molar refractivity (Wildman–Crippen MR) is 86.2 cm³/mol. The fourth-order valence-corrected chi connectivity index (χ4v) is 2.60. The minimum absolute atomic E-state index is 0.0348. The highest BCUT2D eigenvalue weighted by molar-refractivity contribution is 5.92. The Morgan fingerprint density at radius 1 is 1.33 bits per heavy atom. The molecule has 114 valence electrons. The van der Waals surface area contributed by atoms with Crippen LogP contribution in [0.25, 0.3) is 6.08 Å². The molecule has 1 saturated heterocycles. The van der Waals surface area contributed by atoms with Gasteiger partial charge in [-0.2, -0.15) is 0 Å². The molecule has 1 N–H and O–H groups in total. The van der Waals surface area contributed by atoms with Crippen molar-refractivity contribution in [1.82, 2.24) is 4.90 Å². The number of likely N-dealkylation sites (tertiary alicyclic amines) is 1. The molecule has 1 aliphatic rings. The van der Waals surface area contributed by atoms with E-state index in [1.54, 1.807) is 11.0 Å². The molecule has 1 heterocycles. The van der Waals surface area contributed by atoms with Gasteiger partial charge in [-0.25, -0.2) is 0 Å². The normalized spacial score (nSPS) is 16.9. The number of hydrogen-bond acceptors (Lipinski definition) is 3. The average molecular weight is 288 g/mol. The Bertz CT molecular complexity index is 514. The molecule has 1 aromatic rings. The van der Waals surface area contributed by atoms with E-state index in [-0.39, 0.29) is 5.91 Å². The number of aliphatic hydroxyl groups is 1. The minimum Gasteiger partial charge on any atom is -0.386 e. The molecule has 0 bridgehead atoms. The number of β-amino-alcohol motifs (C(OH)–C–C–N with tert-alkyl or cyclic N) is 1. The van der Waals surface area contributed by atoms with E-state index in [0.717, 1.165) is 24.1 Å². The van der Waals surface area contributed by atoms with E-state index in [4.69, 9.17) is 0 Å². The van der Waals surface area contributed by atoms with E-state index in [0.29, 0.717) is 13.1 Å². The topological polar surface area (TPSA) is 43.8 Å². The summed E-state index contributed by atoms with van der Waals surface area (Å²) in [7, 11) is 3.99. The standard InChI is InChI=1S/C17H24N2O2/c1-4-11-17(21)12-19(13-17)16(20)10-7-14-5-8-15(9-6-14)18(2)3/h5-10,21H,4,11-13H2,1-3H3. The van der Waals surface area contributed by atoms with Crippen LogP contribution in [-0.4, -0.2) is 48.7 Å². The van der Waals surface area contributed by atoms with Crippen molar-refractivity contribution in [2.24, 2.45) is 0 Å². The van der Waals surface area contributed by atoms with Crippen LogP contribution in [0.15, 0.2) is 30.3 Å². The Morgan fingerprint density at radius 3 is 2.48 bits per heavy atom. The van der Waals surface area contributed by atoms with Crippen molar-refractivity contribution in [1.29, 1.82) is 0 Å². The molecule has 0 spiro atoms. The first-order valence-electron chi connectivity index (χ1n) is 7.40. The summed E-state index contributed by atoms with van der Waals surface area (Å²) in [6.07, 6.45) is 5.09. The summed E-state index contributed by atoms with van der Waals surface area (Å²) in [5.41, 5.74) is 1.47. The minimum atomic E-state index is -0.661. The van der Waals surface area contributed by atoms with Gasteiger partial charge in [-0.05, 0) is 30.2 Å². The largest absolute Gasteiger partial charge is 0.386 e. The van der Waals surface area contributed by atoms with Gasteiger partial charge in [0.1, 0.15) is 0 Å². The van der Waals surface area contributed by atoms with Crippen molar-refractivity contribution < 1.29 is 9.90 Å². The highest BCUT2D eigenvalue weighted by Crippen LogP contribution is 2.26. The van der Waals surface area contributed by atoms with Gasteiger partial charge < -0.3 is 14.9 Å². The van der Waals surface area contributed by atoms with Crippen molar-refractivity contribution in [3.63, 3.8) is 0 Å². The molecule has 0 atom stereocenters. The molecule has 1 amide bonds. The van der Waals surface area contributed by atoms with Crippen molar-refractivity contribution in [3.8, 4) is 0 Å². The zero-order valence-electron chi connectivity index (χ0n) is 13.0. The van der Waals surface area contributed by atoms with Crippen LogP contribution in [0, 0.1) is 0 Å². The molecule has 4 nitrogen and oxygen atoms in total. The molecular formula is C17H24N2O2. The lowest BCUT2D eigenvalue weighted by molar-refractivity contribution is -0.151. The SMILES string of the molecule is CCCC1(O)CN(C(=O)C=Cc2ccc(N(C)C)cc2)C1. The Labute approximate surface area is 126 Å². The predicted octanol–water partition coefficient (Wildman–Crippen LogP) is 2.14. The van der Waals surface area contributed by atoms with Gasteiger partial charge in [-0.1, -0.05) is 25.5 Å². The first-order chi connectivity index (χ1) is 9.93. The summed E-state index contributed by atoms with van der Waals surface area (Å²) in [4.78, 5) is 15.7. The van der Waals surface area contributed by atoms with E-state index in [1.807, 2.05) is 56.3 Å². The van der Waals surface area contributed by atoms with Crippen molar-refractivity contribution in [3.05, 3.63) is 35.9 Å². The summed E-state index contributed by atoms with van der Waals surface area (Å²) in [6.45, 7) is 2.94. The zero-order valence-corrected chi connectivity index (χ0v) is 13.0. The van der Waals surface area contributed by atoms with Crippen LogP contribution in [0.4, 0.5) is 5.69 Å². The maximum absolute atomic E-state index is 12.0. The summed E-state index contributed by atoms with van der Waals surface area (Å²) < 4.78 is 0. The second-order valence-electron chi connectivity index (χ2n) is 5.99. The molecule has 1 fully saturated rings. The van der Waals surface area contributed by atoms with E-state index < -0.39 is 5.60 Å². The molecule has 0 radical (unpaired) electrons. The van der Waals surface area contributed by atoms with E-state index >= 15 is 0 Å². The molecule has 2 rings (SSSR count). The summed E-state index contributed by atoms with van der Waals surface area (Å²) >= 11 is 0. The first kappa shape index (κ1) is 15.6. The first-order valence-corrected chi connectivity index (χ1v) is 7.40. The maximum atomic E-state index is 12.0.